The van der Waals surface area contributed by atoms with E-state index in [9.17, 15) is 28.8 Å². The van der Waals surface area contributed by atoms with Crippen LogP contribution in [0.25, 0.3) is 44.6 Å². The molecule has 0 aliphatic carbocycles. The highest BCUT2D eigenvalue weighted by atomic mass is 35.5. The average Bonchev–Trinajstić information content (AvgIpc) is 4.26. The number of nitrogens with zero attached hydrogens (tertiary/aromatic N) is 8. The minimum atomic E-state index is -0.952. The van der Waals surface area contributed by atoms with E-state index >= 15 is 4.39 Å². The second-order valence-corrected chi connectivity index (χ2v) is 20.9. The molecule has 10 heterocycles. The molecule has 20 heteroatoms. The van der Waals surface area contributed by atoms with Crippen LogP contribution in [0, 0.1) is 5.82 Å². The number of rotatable bonds is 13. The lowest BCUT2D eigenvalue weighted by molar-refractivity contribution is -0.138. The molecule has 0 bridgehead atoms. The Morgan fingerprint density at radius 1 is 0.787 bits per heavy atom. The van der Waals surface area contributed by atoms with E-state index in [0.717, 1.165) is 53.6 Å². The Balaban J connectivity index is 0.908. The predicted molar refractivity (Wildman–Crippen MR) is 273 cm³/mol. The van der Waals surface area contributed by atoms with Crippen LogP contribution in [0.15, 0.2) is 54.9 Å². The zero-order chi connectivity index (χ0) is 51.8. The summed E-state index contributed by atoms with van der Waals surface area (Å²) in [5, 5.41) is 5.98. The fourth-order valence-electron chi connectivity index (χ4n) is 12.0. The highest BCUT2D eigenvalue weighted by molar-refractivity contribution is 6.34. The van der Waals surface area contributed by atoms with Gasteiger partial charge >= 0.3 is 0 Å². The Morgan fingerprint density at radius 3 is 2.27 bits per heavy atom. The van der Waals surface area contributed by atoms with Crippen molar-refractivity contribution in [2.24, 2.45) is 7.05 Å². The first-order chi connectivity index (χ1) is 36.3. The van der Waals surface area contributed by atoms with Crippen molar-refractivity contribution in [3.63, 3.8) is 0 Å². The molecule has 0 spiro atoms. The number of halogens is 2. The number of benzene rings is 2. The number of hydrogen-bond donors (Lipinski definition) is 2. The van der Waals surface area contributed by atoms with Gasteiger partial charge in [0.2, 0.25) is 23.6 Å². The number of imide groups is 2. The number of ether oxygens (including phenoxy) is 2. The van der Waals surface area contributed by atoms with Crippen LogP contribution < -0.4 is 15.4 Å². The molecular formula is C55H54ClFN10O8. The van der Waals surface area contributed by atoms with Crippen LogP contribution in [0.1, 0.15) is 99.4 Å². The lowest BCUT2D eigenvalue weighted by Crippen LogP contribution is -2.52. The fraction of sp³-hybridized carbons (Fsp3) is 0.400. The third kappa shape index (κ3) is 8.68. The van der Waals surface area contributed by atoms with E-state index in [1.54, 1.807) is 31.5 Å². The van der Waals surface area contributed by atoms with Gasteiger partial charge in [0, 0.05) is 99.3 Å². The van der Waals surface area contributed by atoms with Crippen molar-refractivity contribution in [3.8, 4) is 28.3 Å². The summed E-state index contributed by atoms with van der Waals surface area (Å²) in [4.78, 5) is 101. The second-order valence-electron chi connectivity index (χ2n) is 20.5. The van der Waals surface area contributed by atoms with Crippen molar-refractivity contribution >= 4 is 69.1 Å². The maximum absolute atomic E-state index is 17.7. The van der Waals surface area contributed by atoms with Crippen LogP contribution in [-0.2, 0) is 57.1 Å². The Labute approximate surface area is 435 Å². The standard InChI is InChI=1S/C55H54ClFN10O8/c1-63-17-13-34-37(27-64-15-3-4-16-64)46(56)49(62-51(34)63)36-23-35(45-38(47(36)57)28-67(55(45)73)41-8-10-44(69)61-53(41)71)30-12-18-65(24-30)25-32-22-39(59-50-42(75-20-19-74-2)11-14-58-48(32)50)29-5-6-33-31(21-29)26-66(54(33)72)40-7-9-43(68)60-52(40)70/h5-6,11,13-14,17,21-23,30,40-41H,3-4,7-10,12,15-16,18-20,24-28H2,1-2H3,(H,60,68,70)(H,61,69,71). The third-order valence-corrected chi connectivity index (χ3v) is 16.3. The van der Waals surface area contributed by atoms with Gasteiger partial charge in [0.15, 0.2) is 0 Å². The Hall–Kier alpha value is -7.19. The third-order valence-electron chi connectivity index (χ3n) is 15.9. The van der Waals surface area contributed by atoms with Gasteiger partial charge in [-0.15, -0.1) is 0 Å². The van der Waals surface area contributed by atoms with Gasteiger partial charge in [0.25, 0.3) is 11.8 Å². The van der Waals surface area contributed by atoms with Crippen molar-refractivity contribution in [1.29, 1.82) is 0 Å². The summed E-state index contributed by atoms with van der Waals surface area (Å²) >= 11 is 7.40. The van der Waals surface area contributed by atoms with Gasteiger partial charge < -0.3 is 23.8 Å². The summed E-state index contributed by atoms with van der Waals surface area (Å²) in [6.45, 7) is 4.56. The lowest BCUT2D eigenvalue weighted by Gasteiger charge is -2.29. The number of pyridine rings is 3. The number of aryl methyl sites for hydroxylation is 1. The molecule has 2 aromatic carbocycles. The molecule has 12 rings (SSSR count). The van der Waals surface area contributed by atoms with Crippen LogP contribution in [0.4, 0.5) is 4.39 Å². The molecule has 386 valence electrons. The van der Waals surface area contributed by atoms with E-state index in [2.05, 4.69) is 20.4 Å². The molecule has 6 aromatic rings. The van der Waals surface area contributed by atoms with Crippen LogP contribution in [0.2, 0.25) is 5.02 Å². The fourth-order valence-corrected chi connectivity index (χ4v) is 12.4. The molecular weight excluding hydrogens is 983 g/mol. The summed E-state index contributed by atoms with van der Waals surface area (Å²) in [7, 11) is 3.49. The smallest absolute Gasteiger partial charge is 0.255 e. The van der Waals surface area contributed by atoms with Gasteiger partial charge in [0.05, 0.1) is 40.6 Å². The first-order valence-electron chi connectivity index (χ1n) is 25.6. The lowest BCUT2D eigenvalue weighted by atomic mass is 9.88. The quantitative estimate of drug-likeness (QED) is 0.104. The highest BCUT2D eigenvalue weighted by Crippen LogP contribution is 2.45. The van der Waals surface area contributed by atoms with Crippen LogP contribution >= 0.6 is 11.6 Å². The maximum atomic E-state index is 17.7. The van der Waals surface area contributed by atoms with Gasteiger partial charge in [-0.2, -0.15) is 0 Å². The molecule has 75 heavy (non-hydrogen) atoms. The van der Waals surface area contributed by atoms with Crippen LogP contribution in [0.3, 0.4) is 0 Å². The predicted octanol–water partition coefficient (Wildman–Crippen LogP) is 5.78. The molecule has 0 saturated carbocycles. The number of methoxy groups -OCH3 is 1. The largest absolute Gasteiger partial charge is 0.489 e. The van der Waals surface area contributed by atoms with E-state index in [1.165, 1.54) is 9.80 Å². The zero-order valence-electron chi connectivity index (χ0n) is 41.5. The number of hydrogen-bond acceptors (Lipinski definition) is 13. The molecule has 0 radical (unpaired) electrons. The van der Waals surface area contributed by atoms with Crippen molar-refractivity contribution in [2.75, 3.05) is 46.5 Å². The Morgan fingerprint density at radius 2 is 1.53 bits per heavy atom. The highest BCUT2D eigenvalue weighted by Gasteiger charge is 2.44. The van der Waals surface area contributed by atoms with E-state index in [1.807, 2.05) is 42.1 Å². The topological polar surface area (TPSA) is 202 Å². The number of aromatic nitrogens is 4. The van der Waals surface area contributed by atoms with Gasteiger partial charge in [-0.25, -0.2) is 14.4 Å². The van der Waals surface area contributed by atoms with Gasteiger partial charge in [-0.3, -0.25) is 54.2 Å². The van der Waals surface area contributed by atoms with Crippen molar-refractivity contribution in [1.82, 2.24) is 49.8 Å². The molecule has 6 aliphatic rings. The Kier molecular flexibility index (Phi) is 12.7. The number of carbonyl (C=O) groups excluding carboxylic acids is 6. The molecule has 4 aromatic heterocycles. The zero-order valence-corrected chi connectivity index (χ0v) is 42.3. The first kappa shape index (κ1) is 48.7. The van der Waals surface area contributed by atoms with E-state index < -0.39 is 41.5 Å². The molecule has 3 atom stereocenters. The van der Waals surface area contributed by atoms with Gasteiger partial charge in [-0.1, -0.05) is 17.7 Å². The normalized spacial score (nSPS) is 21.3. The number of nitrogens with one attached hydrogen (secondary N) is 2. The minimum Gasteiger partial charge on any atom is -0.489 e. The van der Waals surface area contributed by atoms with Crippen LogP contribution in [-0.4, -0.2) is 133 Å². The molecule has 2 N–H and O–H groups in total. The maximum Gasteiger partial charge on any atom is 0.255 e. The summed E-state index contributed by atoms with van der Waals surface area (Å²) in [5.41, 5.74) is 7.58. The summed E-state index contributed by atoms with van der Waals surface area (Å²) < 4.78 is 31.0. The summed E-state index contributed by atoms with van der Waals surface area (Å²) in [6, 6.07) is 11.3. The van der Waals surface area contributed by atoms with E-state index in [0.29, 0.717) is 83.5 Å². The van der Waals surface area contributed by atoms with Crippen LogP contribution in [0.5, 0.6) is 5.75 Å². The number of carbonyl (C=O) groups is 6. The molecule has 4 fully saturated rings. The van der Waals surface area contributed by atoms with Crippen molar-refractivity contribution < 1.29 is 42.6 Å². The molecule has 3 unspecified atom stereocenters. The van der Waals surface area contributed by atoms with Gasteiger partial charge in [0.1, 0.15) is 41.4 Å². The van der Waals surface area contributed by atoms with E-state index in [-0.39, 0.29) is 85.5 Å². The minimum absolute atomic E-state index is 0.0566. The summed E-state index contributed by atoms with van der Waals surface area (Å²) in [5.74, 6) is -2.94. The number of amides is 6. The molecule has 6 amide bonds. The number of fused-ring (bicyclic) bond motifs is 4. The number of piperidine rings is 2. The second kappa shape index (κ2) is 19.5. The molecule has 4 saturated heterocycles. The Bertz CT molecular complexity index is 3430. The first-order valence-corrected chi connectivity index (χ1v) is 26.0. The van der Waals surface area contributed by atoms with E-state index in [4.69, 9.17) is 36.0 Å². The molecule has 18 nitrogen and oxygen atoms in total. The average molecular weight is 1040 g/mol. The monoisotopic (exact) mass is 1040 g/mol. The SMILES string of the molecule is COCCOc1ccnc2c(CN3CCC(c4cc(-c5nc6c(ccn6C)c(CN6CCCC6)c5Cl)c(F)c5c4C(=O)N(C4CCC(=O)NC4=O)C5)C3)cc(-c3ccc4c(c3)CN(C3CCC(=O)NC3=O)C4=O)nc12. The van der Waals surface area contributed by atoms with Crippen molar-refractivity contribution in [2.45, 2.75) is 89.1 Å². The summed E-state index contributed by atoms with van der Waals surface area (Å²) in [6.07, 6.45) is 6.96. The van der Waals surface area contributed by atoms with Crippen molar-refractivity contribution in [3.05, 3.63) is 105 Å². The number of likely N-dealkylation sites (tertiary alicyclic amines) is 2. The van der Waals surface area contributed by atoms with Gasteiger partial charge in [-0.05, 0) is 110 Å². The molecule has 6 aliphatic heterocycles.